The molecule has 2 N–H and O–H groups in total. The maximum Gasteiger partial charge on any atom is 0.377 e. The number of aromatic nitrogens is 1. The average Bonchev–Trinajstić information content (AvgIpc) is 3.20. The van der Waals surface area contributed by atoms with Crippen LogP contribution in [0.4, 0.5) is 0 Å². The van der Waals surface area contributed by atoms with Crippen LogP contribution in [0.2, 0.25) is 0 Å². The second kappa shape index (κ2) is 8.15. The fourth-order valence-corrected chi connectivity index (χ4v) is 6.58. The van der Waals surface area contributed by atoms with Gasteiger partial charge in [0.05, 0.1) is 11.5 Å². The molecular weight excluding hydrogens is 456 g/mol. The quantitative estimate of drug-likeness (QED) is 0.473. The number of benzene rings is 1. The number of hydrogen-bond donors (Lipinski definition) is 2. The second-order valence-electron chi connectivity index (χ2n) is 7.37. The van der Waals surface area contributed by atoms with Crippen molar-refractivity contribution in [2.45, 2.75) is 29.5 Å². The lowest BCUT2D eigenvalue weighted by molar-refractivity contribution is -0.140. The molecule has 0 unspecified atom stereocenters. The number of carboxylic acids is 1. The van der Waals surface area contributed by atoms with Crippen molar-refractivity contribution in [3.63, 3.8) is 0 Å². The van der Waals surface area contributed by atoms with Gasteiger partial charge in [-0.1, -0.05) is 42.4 Å². The van der Waals surface area contributed by atoms with Crippen LogP contribution >= 0.6 is 11.3 Å². The van der Waals surface area contributed by atoms with Gasteiger partial charge >= 0.3 is 11.9 Å². The first-order chi connectivity index (χ1) is 15.2. The number of thiophene rings is 1. The van der Waals surface area contributed by atoms with Crippen molar-refractivity contribution < 1.29 is 32.4 Å². The van der Waals surface area contributed by atoms with Gasteiger partial charge < -0.3 is 14.4 Å². The maximum atomic E-state index is 13.1. The Hall–Kier alpha value is -3.02. The van der Waals surface area contributed by atoms with Crippen LogP contribution in [0.1, 0.15) is 35.9 Å². The lowest BCUT2D eigenvalue weighted by atomic mass is 10.1. The monoisotopic (exact) mass is 476 g/mol. The molecule has 1 aromatic carbocycles. The summed E-state index contributed by atoms with van der Waals surface area (Å²) in [5.41, 5.74) is -0.601. The minimum atomic E-state index is -4.14. The third-order valence-electron chi connectivity index (χ3n) is 5.50. The predicted octanol–water partition coefficient (Wildman–Crippen LogP) is 3.12. The van der Waals surface area contributed by atoms with E-state index in [1.807, 2.05) is 6.07 Å². The van der Waals surface area contributed by atoms with Crippen LogP contribution in [0, 0.1) is 5.92 Å². The summed E-state index contributed by atoms with van der Waals surface area (Å²) in [6.45, 7) is 3.54. The Morgan fingerprint density at radius 2 is 1.97 bits per heavy atom. The zero-order valence-corrected chi connectivity index (χ0v) is 18.8. The van der Waals surface area contributed by atoms with Crippen molar-refractivity contribution >= 4 is 33.3 Å². The minimum absolute atomic E-state index is 0.0697. The third-order valence-corrected chi connectivity index (χ3v) is 8.58. The number of nitrogens with one attached hydrogen (secondary N) is 1. The Morgan fingerprint density at radius 1 is 1.25 bits per heavy atom. The number of hydrogen-bond acceptors (Lipinski definition) is 8. The largest absolute Gasteiger partial charge is 0.480 e. The molecule has 2 aromatic heterocycles. The topological polar surface area (TPSA) is 136 Å². The van der Waals surface area contributed by atoms with E-state index >= 15 is 0 Å². The van der Waals surface area contributed by atoms with E-state index in [0.717, 1.165) is 16.9 Å². The predicted molar refractivity (Wildman–Crippen MR) is 115 cm³/mol. The molecule has 0 amide bonds. The molecule has 1 aliphatic carbocycles. The number of rotatable bonds is 8. The van der Waals surface area contributed by atoms with Crippen molar-refractivity contribution in [2.24, 2.45) is 5.92 Å². The summed E-state index contributed by atoms with van der Waals surface area (Å²) < 4.78 is 38.3. The molecule has 0 bridgehead atoms. The second-order valence-corrected chi connectivity index (χ2v) is 10.4. The van der Waals surface area contributed by atoms with Crippen LogP contribution in [-0.4, -0.2) is 42.8 Å². The highest BCUT2D eigenvalue weighted by Crippen LogP contribution is 2.58. The molecular formula is C21H20N2O7S2. The molecule has 11 heteroatoms. The van der Waals surface area contributed by atoms with Gasteiger partial charge in [0.15, 0.2) is 0 Å². The van der Waals surface area contributed by atoms with Gasteiger partial charge in [-0.05, 0) is 30.5 Å². The first kappa shape index (κ1) is 22.2. The summed E-state index contributed by atoms with van der Waals surface area (Å²) in [5, 5.41) is 13.7. The number of sulfonamides is 1. The van der Waals surface area contributed by atoms with E-state index < -0.39 is 39.3 Å². The summed E-state index contributed by atoms with van der Waals surface area (Å²) in [5.74, 6) is -2.91. The van der Waals surface area contributed by atoms with Crippen molar-refractivity contribution in [1.82, 2.24) is 9.88 Å². The average molecular weight is 477 g/mol. The van der Waals surface area contributed by atoms with Crippen molar-refractivity contribution in [3.05, 3.63) is 59.9 Å². The molecule has 0 radical (unpaired) electrons. The number of nitrogens with zero attached hydrogens (tertiary/aromatic N) is 1. The van der Waals surface area contributed by atoms with Gasteiger partial charge in [0.2, 0.25) is 5.76 Å². The summed E-state index contributed by atoms with van der Waals surface area (Å²) in [4.78, 5) is 24.3. The number of esters is 1. The Morgan fingerprint density at radius 3 is 2.62 bits per heavy atom. The molecule has 32 heavy (non-hydrogen) atoms. The van der Waals surface area contributed by atoms with E-state index in [9.17, 15) is 23.1 Å². The lowest BCUT2D eigenvalue weighted by Crippen LogP contribution is -2.45. The summed E-state index contributed by atoms with van der Waals surface area (Å²) in [7, 11) is -4.14. The van der Waals surface area contributed by atoms with Crippen molar-refractivity contribution in [3.8, 4) is 10.6 Å². The molecule has 1 fully saturated rings. The molecule has 3 atom stereocenters. The van der Waals surface area contributed by atoms with E-state index in [0.29, 0.717) is 4.88 Å². The van der Waals surface area contributed by atoms with E-state index in [1.165, 1.54) is 18.2 Å². The lowest BCUT2D eigenvalue weighted by Gasteiger charge is -2.15. The number of carboxylic acid groups (broad SMARTS) is 1. The summed E-state index contributed by atoms with van der Waals surface area (Å²) in [6, 6.07) is 13.2. The number of aliphatic carboxylic acids is 1. The normalized spacial score (nSPS) is 22.4. The molecule has 1 aliphatic rings. The van der Waals surface area contributed by atoms with E-state index in [-0.39, 0.29) is 22.3 Å². The zero-order chi connectivity index (χ0) is 23.1. The van der Waals surface area contributed by atoms with E-state index in [1.54, 1.807) is 38.1 Å². The highest BCUT2D eigenvalue weighted by molar-refractivity contribution is 7.91. The first-order valence-corrected chi connectivity index (χ1v) is 12.1. The SMILES string of the molecule is CCOC(=O)c1cc(-c2ccc(S(=O)(=O)N[C@@]3(C(=O)O)[C@H](C)[C@H]3c3ccccc3)s2)no1. The zero-order valence-electron chi connectivity index (χ0n) is 17.1. The highest BCUT2D eigenvalue weighted by Gasteiger charge is 2.70. The molecule has 4 rings (SSSR count). The standard InChI is InChI=1S/C21H20N2O7S2/c1-3-29-19(24)15-11-14(22-30-15)16-9-10-17(31-16)32(27,28)23-21(20(25)26)12(2)18(21)13-7-5-4-6-8-13/h4-12,18,23H,3H2,1-2H3,(H,25,26)/t12-,18+,21+/m1/s1. The highest BCUT2D eigenvalue weighted by atomic mass is 32.2. The van der Waals surface area contributed by atoms with Gasteiger partial charge in [0.25, 0.3) is 10.0 Å². The van der Waals surface area contributed by atoms with Gasteiger partial charge in [0.1, 0.15) is 15.4 Å². The van der Waals surface area contributed by atoms with Crippen LogP contribution in [-0.2, 0) is 19.6 Å². The summed E-state index contributed by atoms with van der Waals surface area (Å²) in [6.07, 6.45) is 0. The van der Waals surface area contributed by atoms with Crippen molar-refractivity contribution in [2.75, 3.05) is 6.61 Å². The van der Waals surface area contributed by atoms with Crippen LogP contribution in [0.5, 0.6) is 0 Å². The molecule has 2 heterocycles. The molecule has 0 spiro atoms. The van der Waals surface area contributed by atoms with Crippen LogP contribution in [0.3, 0.4) is 0 Å². The molecule has 0 aliphatic heterocycles. The summed E-state index contributed by atoms with van der Waals surface area (Å²) >= 11 is 0.892. The minimum Gasteiger partial charge on any atom is -0.480 e. The van der Waals surface area contributed by atoms with Crippen LogP contribution in [0.25, 0.3) is 10.6 Å². The van der Waals surface area contributed by atoms with Gasteiger partial charge in [-0.15, -0.1) is 11.3 Å². The fraction of sp³-hybridized carbons (Fsp3) is 0.286. The molecule has 3 aromatic rings. The number of carbonyl (C=O) groups excluding carboxylic acids is 1. The van der Waals surface area contributed by atoms with Crippen molar-refractivity contribution in [1.29, 1.82) is 0 Å². The number of carbonyl (C=O) groups is 2. The Bertz CT molecular complexity index is 1270. The molecule has 0 saturated heterocycles. The Kier molecular flexibility index (Phi) is 5.65. The van der Waals surface area contributed by atoms with Crippen LogP contribution < -0.4 is 4.72 Å². The molecule has 168 valence electrons. The Balaban J connectivity index is 1.59. The smallest absolute Gasteiger partial charge is 0.377 e. The van der Waals surface area contributed by atoms with Gasteiger partial charge in [0, 0.05) is 12.0 Å². The molecule has 1 saturated carbocycles. The first-order valence-electron chi connectivity index (χ1n) is 9.77. The maximum absolute atomic E-state index is 13.1. The van der Waals surface area contributed by atoms with Gasteiger partial charge in [-0.3, -0.25) is 4.79 Å². The van der Waals surface area contributed by atoms with Gasteiger partial charge in [-0.25, -0.2) is 13.2 Å². The van der Waals surface area contributed by atoms with E-state index in [4.69, 9.17) is 9.26 Å². The van der Waals surface area contributed by atoms with Gasteiger partial charge in [-0.2, -0.15) is 4.72 Å². The fourth-order valence-electron chi connectivity index (χ4n) is 3.87. The Labute approximate surface area is 188 Å². The van der Waals surface area contributed by atoms with Crippen LogP contribution in [0.15, 0.2) is 57.3 Å². The molecule has 9 nitrogen and oxygen atoms in total. The van der Waals surface area contributed by atoms with E-state index in [2.05, 4.69) is 9.88 Å². The third kappa shape index (κ3) is 3.72. The number of ether oxygens (including phenoxy) is 1.